The molecule has 0 radical (unpaired) electrons. The first-order valence-corrected chi connectivity index (χ1v) is 14.4. The zero-order valence-electron chi connectivity index (χ0n) is 22.3. The maximum absolute atomic E-state index is 13.8. The molecule has 196 valence electrons. The van der Waals surface area contributed by atoms with Crippen molar-refractivity contribution in [3.8, 4) is 11.3 Å². The van der Waals surface area contributed by atoms with E-state index in [1.165, 1.54) is 28.2 Å². The summed E-state index contributed by atoms with van der Waals surface area (Å²) in [5, 5.41) is 4.40. The lowest BCUT2D eigenvalue weighted by Crippen LogP contribution is -2.20. The number of benzene rings is 2. The van der Waals surface area contributed by atoms with Crippen molar-refractivity contribution in [2.45, 2.75) is 59.3 Å². The van der Waals surface area contributed by atoms with E-state index in [-0.39, 0.29) is 5.91 Å². The van der Waals surface area contributed by atoms with Crippen molar-refractivity contribution in [2.75, 3.05) is 5.32 Å². The zero-order chi connectivity index (χ0) is 26.8. The van der Waals surface area contributed by atoms with E-state index in [2.05, 4.69) is 50.4 Å². The van der Waals surface area contributed by atoms with Gasteiger partial charge in [-0.1, -0.05) is 76.1 Å². The van der Waals surface area contributed by atoms with E-state index >= 15 is 0 Å². The van der Waals surface area contributed by atoms with Gasteiger partial charge < -0.3 is 11.1 Å². The van der Waals surface area contributed by atoms with Crippen LogP contribution in [0.2, 0.25) is 0 Å². The van der Waals surface area contributed by atoms with Crippen LogP contribution in [0.3, 0.4) is 0 Å². The molecule has 0 fully saturated rings. The number of nitrogens with two attached hydrogens (primary N) is 1. The van der Waals surface area contributed by atoms with Crippen LogP contribution in [0.1, 0.15) is 76.8 Å². The first-order valence-electron chi connectivity index (χ1n) is 13.6. The van der Waals surface area contributed by atoms with Gasteiger partial charge in [0.15, 0.2) is 0 Å². The van der Waals surface area contributed by atoms with E-state index in [9.17, 15) is 9.59 Å². The summed E-state index contributed by atoms with van der Waals surface area (Å²) < 4.78 is 0. The molecule has 0 saturated carbocycles. The monoisotopic (exact) mass is 525 g/mol. The third-order valence-corrected chi connectivity index (χ3v) is 8.56. The Hall–Kier alpha value is -3.51. The fourth-order valence-corrected chi connectivity index (χ4v) is 6.98. The van der Waals surface area contributed by atoms with Gasteiger partial charge in [-0.2, -0.15) is 0 Å². The number of thiophene rings is 1. The van der Waals surface area contributed by atoms with Crippen molar-refractivity contribution >= 4 is 39.1 Å². The molecule has 6 heteroatoms. The van der Waals surface area contributed by atoms with Crippen molar-refractivity contribution < 1.29 is 9.59 Å². The molecule has 2 aromatic carbocycles. The lowest BCUT2D eigenvalue weighted by molar-refractivity contribution is 0.1000. The third-order valence-electron chi connectivity index (χ3n) is 7.39. The van der Waals surface area contributed by atoms with Crippen LogP contribution in [0.4, 0.5) is 5.00 Å². The molecule has 1 atom stereocenters. The van der Waals surface area contributed by atoms with Crippen molar-refractivity contribution in [3.05, 3.63) is 81.7 Å². The van der Waals surface area contributed by atoms with E-state index < -0.39 is 5.91 Å². The summed E-state index contributed by atoms with van der Waals surface area (Å²) >= 11 is 1.51. The van der Waals surface area contributed by atoms with Gasteiger partial charge >= 0.3 is 0 Å². The number of primary amides is 1. The van der Waals surface area contributed by atoms with Crippen LogP contribution in [-0.4, -0.2) is 16.8 Å². The molecule has 38 heavy (non-hydrogen) atoms. The molecule has 2 amide bonds. The number of aromatic nitrogens is 1. The quantitative estimate of drug-likeness (QED) is 0.251. The fourth-order valence-electron chi connectivity index (χ4n) is 5.62. The lowest BCUT2D eigenvalue weighted by Gasteiger charge is -2.21. The summed E-state index contributed by atoms with van der Waals surface area (Å²) in [5.41, 5.74) is 11.6. The number of pyridine rings is 1. The fraction of sp³-hybridized carbons (Fsp3) is 0.344. The highest BCUT2D eigenvalue weighted by Gasteiger charge is 2.29. The summed E-state index contributed by atoms with van der Waals surface area (Å²) in [7, 11) is 0. The molecular formula is C32H35N3O2S. The smallest absolute Gasteiger partial charge is 0.257 e. The van der Waals surface area contributed by atoms with E-state index in [1.807, 2.05) is 30.3 Å². The molecule has 1 aliphatic carbocycles. The second-order valence-corrected chi connectivity index (χ2v) is 11.9. The van der Waals surface area contributed by atoms with Crippen LogP contribution in [0.15, 0.2) is 54.6 Å². The van der Waals surface area contributed by atoms with E-state index in [1.54, 1.807) is 0 Å². The molecule has 3 N–H and O–H groups in total. The molecule has 1 aliphatic rings. The minimum Gasteiger partial charge on any atom is -0.365 e. The van der Waals surface area contributed by atoms with Crippen LogP contribution in [0.5, 0.6) is 0 Å². The van der Waals surface area contributed by atoms with Crippen molar-refractivity contribution in [2.24, 2.45) is 17.6 Å². The average Bonchev–Trinajstić information content (AvgIpc) is 3.25. The molecule has 5 rings (SSSR count). The zero-order valence-corrected chi connectivity index (χ0v) is 23.2. The Balaban J connectivity index is 1.50. The maximum Gasteiger partial charge on any atom is 0.257 e. The second kappa shape index (κ2) is 11.1. The number of carbonyl (C=O) groups excluding carboxylic acids is 2. The van der Waals surface area contributed by atoms with Crippen LogP contribution in [-0.2, 0) is 19.3 Å². The molecule has 2 aromatic heterocycles. The number of fused-ring (bicyclic) bond motifs is 2. The number of rotatable bonds is 8. The highest BCUT2D eigenvalue weighted by molar-refractivity contribution is 7.17. The Morgan fingerprint density at radius 1 is 1.13 bits per heavy atom. The Bertz CT molecular complexity index is 1490. The van der Waals surface area contributed by atoms with Gasteiger partial charge in [0, 0.05) is 15.8 Å². The van der Waals surface area contributed by atoms with E-state index in [0.29, 0.717) is 28.0 Å². The van der Waals surface area contributed by atoms with Gasteiger partial charge in [0.25, 0.3) is 11.8 Å². The van der Waals surface area contributed by atoms with Crippen LogP contribution in [0.25, 0.3) is 22.2 Å². The summed E-state index contributed by atoms with van der Waals surface area (Å²) in [6.45, 7) is 6.62. The van der Waals surface area contributed by atoms with Gasteiger partial charge in [0.1, 0.15) is 5.00 Å². The largest absolute Gasteiger partial charge is 0.365 e. The Morgan fingerprint density at radius 3 is 2.61 bits per heavy atom. The van der Waals surface area contributed by atoms with Crippen molar-refractivity contribution in [3.63, 3.8) is 0 Å². The summed E-state index contributed by atoms with van der Waals surface area (Å²) in [6, 6.07) is 17.9. The van der Waals surface area contributed by atoms with Gasteiger partial charge in [0.05, 0.1) is 22.3 Å². The normalized spacial score (nSPS) is 15.0. The number of hydrogen-bond acceptors (Lipinski definition) is 4. The van der Waals surface area contributed by atoms with Gasteiger partial charge in [-0.05, 0) is 60.8 Å². The molecule has 0 bridgehead atoms. The number of amides is 2. The minimum atomic E-state index is -0.478. The topological polar surface area (TPSA) is 85.1 Å². The number of anilines is 1. The SMILES string of the molecule is CCC[C@H]1CCc2c(sc(NC(=O)c3cc(-c4ccc(CC(C)C)cc4)nc4ccccc34)c2C(N)=O)C1. The molecule has 0 aliphatic heterocycles. The molecular weight excluding hydrogens is 490 g/mol. The molecule has 0 spiro atoms. The van der Waals surface area contributed by atoms with Crippen molar-refractivity contribution in [1.29, 1.82) is 0 Å². The summed E-state index contributed by atoms with van der Waals surface area (Å²) in [6.07, 6.45) is 6.18. The van der Waals surface area contributed by atoms with Crippen LogP contribution < -0.4 is 11.1 Å². The number of nitrogens with zero attached hydrogens (tertiary/aromatic N) is 1. The second-order valence-electron chi connectivity index (χ2n) is 10.8. The Labute approximate surface area is 228 Å². The number of para-hydroxylation sites is 1. The number of nitrogens with one attached hydrogen (secondary N) is 1. The number of hydrogen-bond donors (Lipinski definition) is 2. The Morgan fingerprint density at radius 2 is 1.89 bits per heavy atom. The minimum absolute atomic E-state index is 0.257. The summed E-state index contributed by atoms with van der Waals surface area (Å²) in [4.78, 5) is 32.3. The lowest BCUT2D eigenvalue weighted by atomic mass is 9.84. The van der Waals surface area contributed by atoms with Crippen molar-refractivity contribution in [1.82, 2.24) is 4.98 Å². The van der Waals surface area contributed by atoms with Gasteiger partial charge in [-0.15, -0.1) is 11.3 Å². The number of carbonyl (C=O) groups is 2. The Kier molecular flexibility index (Phi) is 7.61. The molecule has 0 saturated heterocycles. The standard InChI is InChI=1S/C32H35N3O2S/c1-4-7-20-12-15-24-28(17-20)38-32(29(24)30(33)36)35-31(37)25-18-27(34-26-9-6-5-8-23(25)26)22-13-10-21(11-14-22)16-19(2)3/h5-6,8-11,13-14,18-20H,4,7,12,15-17H2,1-3H3,(H2,33,36)(H,35,37)/t20-/m0/s1. The first-order chi connectivity index (χ1) is 18.3. The molecule has 5 nitrogen and oxygen atoms in total. The third kappa shape index (κ3) is 5.37. The molecule has 4 aromatic rings. The first kappa shape index (κ1) is 26.1. The van der Waals surface area contributed by atoms with Gasteiger partial charge in [-0.3, -0.25) is 9.59 Å². The van der Waals surface area contributed by atoms with E-state index in [0.717, 1.165) is 59.8 Å². The highest BCUT2D eigenvalue weighted by atomic mass is 32.1. The van der Waals surface area contributed by atoms with Gasteiger partial charge in [0.2, 0.25) is 0 Å². The highest BCUT2D eigenvalue weighted by Crippen LogP contribution is 2.41. The maximum atomic E-state index is 13.8. The van der Waals surface area contributed by atoms with E-state index in [4.69, 9.17) is 10.7 Å². The average molecular weight is 526 g/mol. The van der Waals surface area contributed by atoms with Gasteiger partial charge in [-0.25, -0.2) is 4.98 Å². The predicted octanol–water partition coefficient (Wildman–Crippen LogP) is 7.42. The molecule has 2 heterocycles. The molecule has 0 unspecified atom stereocenters. The summed E-state index contributed by atoms with van der Waals surface area (Å²) in [5.74, 6) is 0.468. The van der Waals surface area contributed by atoms with Crippen LogP contribution >= 0.6 is 11.3 Å². The predicted molar refractivity (Wildman–Crippen MR) is 157 cm³/mol. The van der Waals surface area contributed by atoms with Crippen LogP contribution in [0, 0.1) is 11.8 Å².